The van der Waals surface area contributed by atoms with E-state index in [0.717, 1.165) is 24.2 Å². The minimum Gasteiger partial charge on any atom is -0.352 e. The maximum Gasteiger partial charge on any atom is 0.263 e. The average Bonchev–Trinajstić information content (AvgIpc) is 3.22. The summed E-state index contributed by atoms with van der Waals surface area (Å²) in [6.45, 7) is 4.78. The molecule has 0 aliphatic rings. The van der Waals surface area contributed by atoms with Crippen LogP contribution < -0.4 is 5.32 Å². The van der Waals surface area contributed by atoms with Crippen molar-refractivity contribution in [2.24, 2.45) is 0 Å². The standard InChI is InChI=1S/C16H19N5O2/c1-11(2)14-18-13(22-20-14)9-6-10-17-16-19-15(23-21-16)12-7-4-3-5-8-12/h3-5,7-8,11H,6,9-10H2,1-2H3,(H,17,21). The molecule has 0 saturated heterocycles. The third-order valence-electron chi connectivity index (χ3n) is 3.30. The van der Waals surface area contributed by atoms with Gasteiger partial charge >= 0.3 is 0 Å². The monoisotopic (exact) mass is 313 g/mol. The molecule has 0 radical (unpaired) electrons. The summed E-state index contributed by atoms with van der Waals surface area (Å²) in [5, 5.41) is 11.0. The van der Waals surface area contributed by atoms with E-state index in [1.54, 1.807) is 0 Å². The quantitative estimate of drug-likeness (QED) is 0.669. The number of aromatic nitrogens is 4. The molecular formula is C16H19N5O2. The molecule has 3 aromatic rings. The minimum absolute atomic E-state index is 0.279. The van der Waals surface area contributed by atoms with Gasteiger partial charge in [-0.25, -0.2) is 0 Å². The van der Waals surface area contributed by atoms with E-state index < -0.39 is 0 Å². The number of hydrogen-bond acceptors (Lipinski definition) is 7. The van der Waals surface area contributed by atoms with Crippen LogP contribution >= 0.6 is 0 Å². The highest BCUT2D eigenvalue weighted by molar-refractivity contribution is 5.53. The smallest absolute Gasteiger partial charge is 0.263 e. The van der Waals surface area contributed by atoms with Crippen LogP contribution in [0.2, 0.25) is 0 Å². The molecule has 1 aromatic carbocycles. The van der Waals surface area contributed by atoms with Crippen LogP contribution in [0.4, 0.5) is 5.95 Å². The van der Waals surface area contributed by atoms with Gasteiger partial charge in [0.25, 0.3) is 11.8 Å². The Labute approximate surface area is 134 Å². The van der Waals surface area contributed by atoms with Gasteiger partial charge in [-0.3, -0.25) is 0 Å². The van der Waals surface area contributed by atoms with Crippen molar-refractivity contribution in [1.82, 2.24) is 20.3 Å². The summed E-state index contributed by atoms with van der Waals surface area (Å²) in [7, 11) is 0. The van der Waals surface area contributed by atoms with E-state index in [9.17, 15) is 0 Å². The lowest BCUT2D eigenvalue weighted by Gasteiger charge is -1.98. The molecule has 0 saturated carbocycles. The fourth-order valence-electron chi connectivity index (χ4n) is 2.04. The lowest BCUT2D eigenvalue weighted by Crippen LogP contribution is -2.04. The predicted molar refractivity (Wildman–Crippen MR) is 84.9 cm³/mol. The predicted octanol–water partition coefficient (Wildman–Crippen LogP) is 3.29. The SMILES string of the molecule is CC(C)c1noc(CCCNc2noc(-c3ccccc3)n2)n1. The molecule has 120 valence electrons. The van der Waals surface area contributed by atoms with E-state index in [1.165, 1.54) is 0 Å². The Bertz CT molecular complexity index is 736. The summed E-state index contributed by atoms with van der Waals surface area (Å²) in [5.41, 5.74) is 0.903. The van der Waals surface area contributed by atoms with Crippen LogP contribution in [0.15, 0.2) is 39.4 Å². The van der Waals surface area contributed by atoms with Gasteiger partial charge in [0.15, 0.2) is 5.82 Å². The molecule has 2 heterocycles. The molecule has 23 heavy (non-hydrogen) atoms. The highest BCUT2D eigenvalue weighted by Crippen LogP contribution is 2.17. The van der Waals surface area contributed by atoms with Gasteiger partial charge < -0.3 is 14.4 Å². The largest absolute Gasteiger partial charge is 0.352 e. The molecule has 2 aromatic heterocycles. The summed E-state index contributed by atoms with van der Waals surface area (Å²) in [6.07, 6.45) is 1.56. The van der Waals surface area contributed by atoms with Crippen molar-refractivity contribution in [2.45, 2.75) is 32.6 Å². The second-order valence-corrected chi connectivity index (χ2v) is 5.52. The Balaban J connectivity index is 1.46. The first kappa shape index (κ1) is 15.2. The number of nitrogens with zero attached hydrogens (tertiary/aromatic N) is 4. The van der Waals surface area contributed by atoms with E-state index in [4.69, 9.17) is 9.05 Å². The zero-order chi connectivity index (χ0) is 16.1. The Morgan fingerprint density at radius 1 is 1.04 bits per heavy atom. The van der Waals surface area contributed by atoms with Gasteiger partial charge in [0.05, 0.1) is 0 Å². The van der Waals surface area contributed by atoms with Crippen molar-refractivity contribution >= 4 is 5.95 Å². The van der Waals surface area contributed by atoms with E-state index in [0.29, 0.717) is 24.3 Å². The van der Waals surface area contributed by atoms with Crippen LogP contribution in [0.1, 0.15) is 37.9 Å². The summed E-state index contributed by atoms with van der Waals surface area (Å²) < 4.78 is 10.4. The molecule has 0 aliphatic heterocycles. The lowest BCUT2D eigenvalue weighted by molar-refractivity contribution is 0.369. The topological polar surface area (TPSA) is 89.9 Å². The van der Waals surface area contributed by atoms with Gasteiger partial charge in [-0.2, -0.15) is 9.97 Å². The van der Waals surface area contributed by atoms with Crippen LogP contribution in [-0.4, -0.2) is 26.8 Å². The first-order valence-corrected chi connectivity index (χ1v) is 7.68. The van der Waals surface area contributed by atoms with Crippen molar-refractivity contribution in [3.05, 3.63) is 42.0 Å². The van der Waals surface area contributed by atoms with Gasteiger partial charge in [-0.05, 0) is 23.7 Å². The normalized spacial score (nSPS) is 11.1. The van der Waals surface area contributed by atoms with E-state index in [2.05, 4.69) is 25.6 Å². The number of aryl methyl sites for hydroxylation is 1. The fraction of sp³-hybridized carbons (Fsp3) is 0.375. The van der Waals surface area contributed by atoms with Crippen LogP contribution in [0.25, 0.3) is 11.5 Å². The van der Waals surface area contributed by atoms with Crippen LogP contribution in [-0.2, 0) is 6.42 Å². The van der Waals surface area contributed by atoms with Crippen LogP contribution in [0.3, 0.4) is 0 Å². The molecule has 0 aliphatic carbocycles. The number of rotatable bonds is 7. The minimum atomic E-state index is 0.279. The van der Waals surface area contributed by atoms with Crippen molar-refractivity contribution in [3.63, 3.8) is 0 Å². The van der Waals surface area contributed by atoms with Gasteiger partial charge in [0.2, 0.25) is 5.89 Å². The zero-order valence-electron chi connectivity index (χ0n) is 13.2. The molecule has 0 amide bonds. The molecule has 1 N–H and O–H groups in total. The lowest BCUT2D eigenvalue weighted by atomic mass is 10.2. The highest BCUT2D eigenvalue weighted by Gasteiger charge is 2.10. The third kappa shape index (κ3) is 3.94. The maximum absolute atomic E-state index is 5.23. The highest BCUT2D eigenvalue weighted by atomic mass is 16.5. The molecule has 3 rings (SSSR count). The summed E-state index contributed by atoms with van der Waals surface area (Å²) >= 11 is 0. The molecule has 7 heteroatoms. The molecule has 7 nitrogen and oxygen atoms in total. The van der Waals surface area contributed by atoms with Crippen LogP contribution in [0.5, 0.6) is 0 Å². The summed E-state index contributed by atoms with van der Waals surface area (Å²) in [6, 6.07) is 9.67. The molecule has 0 atom stereocenters. The van der Waals surface area contributed by atoms with Gasteiger partial charge in [0.1, 0.15) is 0 Å². The fourth-order valence-corrected chi connectivity index (χ4v) is 2.04. The van der Waals surface area contributed by atoms with E-state index >= 15 is 0 Å². The summed E-state index contributed by atoms with van der Waals surface area (Å²) in [5.74, 6) is 2.68. The van der Waals surface area contributed by atoms with Gasteiger partial charge in [0, 0.05) is 24.4 Å². The first-order chi connectivity index (χ1) is 11.2. The van der Waals surface area contributed by atoms with Crippen LogP contribution in [0, 0.1) is 0 Å². The molecule has 0 spiro atoms. The molecule has 0 fully saturated rings. The maximum atomic E-state index is 5.23. The van der Waals surface area contributed by atoms with Crippen molar-refractivity contribution in [3.8, 4) is 11.5 Å². The van der Waals surface area contributed by atoms with Crippen molar-refractivity contribution < 1.29 is 9.05 Å². The van der Waals surface area contributed by atoms with E-state index in [1.807, 2.05) is 44.2 Å². The van der Waals surface area contributed by atoms with Crippen molar-refractivity contribution in [1.29, 1.82) is 0 Å². The average molecular weight is 313 g/mol. The molecule has 0 bridgehead atoms. The Morgan fingerprint density at radius 2 is 1.87 bits per heavy atom. The van der Waals surface area contributed by atoms with Crippen molar-refractivity contribution in [2.75, 3.05) is 11.9 Å². The zero-order valence-corrected chi connectivity index (χ0v) is 13.2. The van der Waals surface area contributed by atoms with E-state index in [-0.39, 0.29) is 5.92 Å². The van der Waals surface area contributed by atoms with Gasteiger partial charge in [-0.1, -0.05) is 37.2 Å². The number of anilines is 1. The number of hydrogen-bond donors (Lipinski definition) is 1. The number of nitrogens with one attached hydrogen (secondary N) is 1. The third-order valence-corrected chi connectivity index (χ3v) is 3.30. The Kier molecular flexibility index (Phi) is 4.65. The molecule has 0 unspecified atom stereocenters. The Morgan fingerprint density at radius 3 is 2.61 bits per heavy atom. The first-order valence-electron chi connectivity index (χ1n) is 7.68. The van der Waals surface area contributed by atoms with Gasteiger partial charge in [-0.15, -0.1) is 0 Å². The Hall–Kier alpha value is -2.70. The second-order valence-electron chi connectivity index (χ2n) is 5.52. The number of benzene rings is 1. The molecular weight excluding hydrogens is 294 g/mol. The second kappa shape index (κ2) is 7.04. The summed E-state index contributed by atoms with van der Waals surface area (Å²) in [4.78, 5) is 8.65.